The fourth-order valence-electron chi connectivity index (χ4n) is 2.99. The van der Waals surface area contributed by atoms with Crippen molar-refractivity contribution in [1.29, 1.82) is 0 Å². The fourth-order valence-corrected chi connectivity index (χ4v) is 3.29. The quantitative estimate of drug-likeness (QED) is 0.852. The van der Waals surface area contributed by atoms with E-state index in [0.717, 1.165) is 30.0 Å². The summed E-state index contributed by atoms with van der Waals surface area (Å²) in [5.41, 5.74) is 1.87. The van der Waals surface area contributed by atoms with Crippen molar-refractivity contribution in [3.63, 3.8) is 0 Å². The van der Waals surface area contributed by atoms with Gasteiger partial charge in [0.1, 0.15) is 5.82 Å². The van der Waals surface area contributed by atoms with Crippen LogP contribution in [-0.4, -0.2) is 24.1 Å². The molecule has 1 atom stereocenters. The predicted molar refractivity (Wildman–Crippen MR) is 101 cm³/mol. The van der Waals surface area contributed by atoms with Gasteiger partial charge in [0, 0.05) is 30.9 Å². The van der Waals surface area contributed by atoms with Crippen LogP contribution in [0.4, 0.5) is 10.6 Å². The average Bonchev–Trinajstić information content (AvgIpc) is 3.15. The van der Waals surface area contributed by atoms with E-state index in [0.29, 0.717) is 11.6 Å². The van der Waals surface area contributed by atoms with Crippen molar-refractivity contribution in [3.8, 4) is 0 Å². The number of hydrogen-bond acceptors (Lipinski definition) is 3. The smallest absolute Gasteiger partial charge is 0.315 e. The first-order valence-electron chi connectivity index (χ1n) is 8.62. The zero-order chi connectivity index (χ0) is 17.6. The number of carbonyl (C=O) groups excluding carboxylic acids is 1. The molecule has 1 saturated heterocycles. The second-order valence-corrected chi connectivity index (χ2v) is 6.70. The lowest BCUT2D eigenvalue weighted by molar-refractivity contribution is 0.237. The molecule has 1 aliphatic heterocycles. The maximum absolute atomic E-state index is 12.1. The summed E-state index contributed by atoms with van der Waals surface area (Å²) in [5.74, 6) is 1.01. The Balaban J connectivity index is 1.49. The normalized spacial score (nSPS) is 15.0. The molecule has 1 aliphatic rings. The first kappa shape index (κ1) is 17.5. The average molecular weight is 359 g/mol. The number of aromatic nitrogens is 1. The molecule has 25 heavy (non-hydrogen) atoms. The van der Waals surface area contributed by atoms with Crippen LogP contribution in [-0.2, 0) is 6.54 Å². The fraction of sp³-hybridized carbons (Fsp3) is 0.368. The molecule has 0 saturated carbocycles. The minimum absolute atomic E-state index is 0.163. The number of benzene rings is 1. The van der Waals surface area contributed by atoms with Gasteiger partial charge in [-0.3, -0.25) is 0 Å². The second-order valence-electron chi connectivity index (χ2n) is 6.29. The third-order valence-electron chi connectivity index (χ3n) is 4.41. The number of amides is 2. The molecule has 5 nitrogen and oxygen atoms in total. The van der Waals surface area contributed by atoms with Gasteiger partial charge in [-0.05, 0) is 43.0 Å². The molecule has 3 rings (SSSR count). The van der Waals surface area contributed by atoms with Crippen LogP contribution < -0.4 is 15.5 Å². The molecular weight excluding hydrogens is 336 g/mol. The van der Waals surface area contributed by atoms with Crippen LogP contribution in [0, 0.1) is 0 Å². The Morgan fingerprint density at radius 1 is 1.24 bits per heavy atom. The van der Waals surface area contributed by atoms with Gasteiger partial charge in [0.25, 0.3) is 0 Å². The standard InChI is InChI=1S/C19H23ClN4O/c1-14(16-6-2-3-7-17(16)20)23-19(25)22-13-15-8-9-18(21-12-15)24-10-4-5-11-24/h2-3,6-9,12,14H,4-5,10-11,13H2,1H3,(H2,22,23,25). The summed E-state index contributed by atoms with van der Waals surface area (Å²) in [6.45, 7) is 4.50. The molecule has 1 aromatic heterocycles. The third kappa shape index (κ3) is 4.63. The van der Waals surface area contributed by atoms with Gasteiger partial charge in [-0.1, -0.05) is 35.9 Å². The minimum atomic E-state index is -0.226. The third-order valence-corrected chi connectivity index (χ3v) is 4.76. The van der Waals surface area contributed by atoms with E-state index >= 15 is 0 Å². The number of pyridine rings is 1. The van der Waals surface area contributed by atoms with Gasteiger partial charge in [-0.2, -0.15) is 0 Å². The van der Waals surface area contributed by atoms with Gasteiger partial charge < -0.3 is 15.5 Å². The Labute approximate surface area is 153 Å². The van der Waals surface area contributed by atoms with E-state index in [1.807, 2.05) is 49.5 Å². The molecule has 0 bridgehead atoms. The molecular formula is C19H23ClN4O. The highest BCUT2D eigenvalue weighted by molar-refractivity contribution is 6.31. The van der Waals surface area contributed by atoms with Gasteiger partial charge in [0.05, 0.1) is 6.04 Å². The topological polar surface area (TPSA) is 57.3 Å². The van der Waals surface area contributed by atoms with E-state index in [4.69, 9.17) is 11.6 Å². The SMILES string of the molecule is CC(NC(=O)NCc1ccc(N2CCCC2)nc1)c1ccccc1Cl. The zero-order valence-electron chi connectivity index (χ0n) is 14.3. The van der Waals surface area contributed by atoms with Gasteiger partial charge in [0.2, 0.25) is 0 Å². The Morgan fingerprint density at radius 3 is 2.68 bits per heavy atom. The number of nitrogens with one attached hydrogen (secondary N) is 2. The van der Waals surface area contributed by atoms with E-state index in [2.05, 4.69) is 20.5 Å². The van der Waals surface area contributed by atoms with Crippen molar-refractivity contribution in [2.75, 3.05) is 18.0 Å². The first-order chi connectivity index (χ1) is 12.1. The summed E-state index contributed by atoms with van der Waals surface area (Å²) in [7, 11) is 0. The van der Waals surface area contributed by atoms with Crippen molar-refractivity contribution in [2.45, 2.75) is 32.4 Å². The lowest BCUT2D eigenvalue weighted by Gasteiger charge is -2.17. The monoisotopic (exact) mass is 358 g/mol. The van der Waals surface area contributed by atoms with Crippen molar-refractivity contribution < 1.29 is 4.79 Å². The Morgan fingerprint density at radius 2 is 2.00 bits per heavy atom. The van der Waals surface area contributed by atoms with E-state index < -0.39 is 0 Å². The number of anilines is 1. The summed E-state index contributed by atoms with van der Waals surface area (Å²) in [6, 6.07) is 11.2. The van der Waals surface area contributed by atoms with E-state index in [9.17, 15) is 4.79 Å². The van der Waals surface area contributed by atoms with Crippen LogP contribution in [0.1, 0.15) is 36.9 Å². The number of nitrogens with zero attached hydrogens (tertiary/aromatic N) is 2. The molecule has 0 radical (unpaired) electrons. The number of carbonyl (C=O) groups is 1. The summed E-state index contributed by atoms with van der Waals surface area (Å²) in [5, 5.41) is 6.41. The van der Waals surface area contributed by atoms with Gasteiger partial charge in [-0.15, -0.1) is 0 Å². The molecule has 1 fully saturated rings. The van der Waals surface area contributed by atoms with Crippen LogP contribution in [0.5, 0.6) is 0 Å². The highest BCUT2D eigenvalue weighted by Crippen LogP contribution is 2.22. The Bertz CT molecular complexity index is 714. The first-order valence-corrected chi connectivity index (χ1v) is 9.00. The molecule has 1 unspecified atom stereocenters. The lowest BCUT2D eigenvalue weighted by Crippen LogP contribution is -2.36. The number of urea groups is 1. The maximum atomic E-state index is 12.1. The zero-order valence-corrected chi connectivity index (χ0v) is 15.1. The van der Waals surface area contributed by atoms with Gasteiger partial charge >= 0.3 is 6.03 Å². The van der Waals surface area contributed by atoms with E-state index in [1.54, 1.807) is 0 Å². The molecule has 0 spiro atoms. The van der Waals surface area contributed by atoms with Crippen molar-refractivity contribution >= 4 is 23.4 Å². The maximum Gasteiger partial charge on any atom is 0.315 e. The van der Waals surface area contributed by atoms with Crippen LogP contribution in [0.2, 0.25) is 5.02 Å². The van der Waals surface area contributed by atoms with Gasteiger partial charge in [0.15, 0.2) is 0 Å². The summed E-state index contributed by atoms with van der Waals surface area (Å²) >= 11 is 6.16. The van der Waals surface area contributed by atoms with Crippen LogP contribution in [0.15, 0.2) is 42.6 Å². The van der Waals surface area contributed by atoms with Crippen molar-refractivity contribution in [1.82, 2.24) is 15.6 Å². The molecule has 0 aliphatic carbocycles. The van der Waals surface area contributed by atoms with Crippen LogP contribution in [0.25, 0.3) is 0 Å². The molecule has 2 heterocycles. The van der Waals surface area contributed by atoms with Gasteiger partial charge in [-0.25, -0.2) is 9.78 Å². The Hall–Kier alpha value is -2.27. The van der Waals surface area contributed by atoms with E-state index in [-0.39, 0.29) is 12.1 Å². The van der Waals surface area contributed by atoms with Crippen LogP contribution >= 0.6 is 11.6 Å². The molecule has 2 aromatic rings. The summed E-state index contributed by atoms with van der Waals surface area (Å²) in [6.07, 6.45) is 4.29. The van der Waals surface area contributed by atoms with E-state index in [1.165, 1.54) is 12.8 Å². The Kier molecular flexibility index (Phi) is 5.76. The summed E-state index contributed by atoms with van der Waals surface area (Å²) in [4.78, 5) is 18.9. The number of hydrogen-bond donors (Lipinski definition) is 2. The largest absolute Gasteiger partial charge is 0.357 e. The molecule has 2 N–H and O–H groups in total. The molecule has 1 aromatic carbocycles. The lowest BCUT2D eigenvalue weighted by atomic mass is 10.1. The molecule has 132 valence electrons. The number of rotatable bonds is 5. The predicted octanol–water partition coefficient (Wildman–Crippen LogP) is 3.90. The summed E-state index contributed by atoms with van der Waals surface area (Å²) < 4.78 is 0. The van der Waals surface area contributed by atoms with Crippen molar-refractivity contribution in [2.24, 2.45) is 0 Å². The van der Waals surface area contributed by atoms with Crippen LogP contribution in [0.3, 0.4) is 0 Å². The van der Waals surface area contributed by atoms with Crippen molar-refractivity contribution in [3.05, 3.63) is 58.7 Å². The second kappa shape index (κ2) is 8.21. The molecule has 2 amide bonds. The highest BCUT2D eigenvalue weighted by Gasteiger charge is 2.14. The number of halogens is 1. The molecule has 6 heteroatoms. The highest BCUT2D eigenvalue weighted by atomic mass is 35.5. The minimum Gasteiger partial charge on any atom is -0.357 e.